The zero-order chi connectivity index (χ0) is 12.1. The summed E-state index contributed by atoms with van der Waals surface area (Å²) in [7, 11) is 0. The molecule has 0 saturated carbocycles. The summed E-state index contributed by atoms with van der Waals surface area (Å²) in [5, 5.41) is 0. The zero-order valence-electron chi connectivity index (χ0n) is 10.0. The topological polar surface area (TPSA) is 20.3 Å². The second kappa shape index (κ2) is 6.10. The van der Waals surface area contributed by atoms with Crippen LogP contribution in [-0.2, 0) is 11.2 Å². The van der Waals surface area contributed by atoms with Gasteiger partial charge in [0, 0.05) is 19.5 Å². The Labute approximate surface area is 108 Å². The molecular formula is C14H19NOS. The molecule has 0 spiro atoms. The van der Waals surface area contributed by atoms with E-state index in [9.17, 15) is 4.79 Å². The van der Waals surface area contributed by atoms with Gasteiger partial charge in [-0.3, -0.25) is 4.79 Å². The molecule has 1 atom stereocenters. The lowest BCUT2D eigenvalue weighted by Crippen LogP contribution is -2.26. The summed E-state index contributed by atoms with van der Waals surface area (Å²) in [4.78, 5) is 13.7. The number of rotatable bonds is 5. The van der Waals surface area contributed by atoms with Gasteiger partial charge in [-0.1, -0.05) is 30.3 Å². The first kappa shape index (κ1) is 12.5. The molecule has 2 rings (SSSR count). The molecular weight excluding hydrogens is 230 g/mol. The summed E-state index contributed by atoms with van der Waals surface area (Å²) in [5.41, 5.74) is 1.35. The normalized spacial score (nSPS) is 19.9. The molecule has 1 fully saturated rings. The molecule has 0 aromatic heterocycles. The maximum Gasteiger partial charge on any atom is 0.222 e. The van der Waals surface area contributed by atoms with Crippen molar-refractivity contribution in [3.63, 3.8) is 0 Å². The van der Waals surface area contributed by atoms with Crippen LogP contribution in [0.4, 0.5) is 0 Å². The fraction of sp³-hybridized carbons (Fsp3) is 0.500. The third-order valence-corrected chi connectivity index (χ3v) is 3.81. The van der Waals surface area contributed by atoms with Crippen molar-refractivity contribution in [2.45, 2.75) is 19.3 Å². The van der Waals surface area contributed by atoms with E-state index >= 15 is 0 Å². The Morgan fingerprint density at radius 1 is 1.29 bits per heavy atom. The van der Waals surface area contributed by atoms with Gasteiger partial charge in [0.2, 0.25) is 5.91 Å². The van der Waals surface area contributed by atoms with Crippen LogP contribution in [0.3, 0.4) is 0 Å². The smallest absolute Gasteiger partial charge is 0.222 e. The molecule has 92 valence electrons. The van der Waals surface area contributed by atoms with E-state index in [0.29, 0.717) is 18.2 Å². The number of benzene rings is 1. The van der Waals surface area contributed by atoms with E-state index in [1.165, 1.54) is 5.56 Å². The van der Waals surface area contributed by atoms with Gasteiger partial charge in [0.15, 0.2) is 0 Å². The van der Waals surface area contributed by atoms with Gasteiger partial charge in [-0.15, -0.1) is 0 Å². The fourth-order valence-corrected chi connectivity index (χ4v) is 2.56. The van der Waals surface area contributed by atoms with Crippen LogP contribution >= 0.6 is 12.6 Å². The van der Waals surface area contributed by atoms with Crippen molar-refractivity contribution in [1.29, 1.82) is 0 Å². The lowest BCUT2D eigenvalue weighted by Gasteiger charge is -2.16. The highest BCUT2D eigenvalue weighted by atomic mass is 32.1. The molecule has 3 heteroatoms. The Balaban J connectivity index is 1.74. The van der Waals surface area contributed by atoms with Crippen molar-refractivity contribution in [2.75, 3.05) is 18.8 Å². The van der Waals surface area contributed by atoms with Gasteiger partial charge in [0.25, 0.3) is 0 Å². The Morgan fingerprint density at radius 3 is 2.71 bits per heavy atom. The Kier molecular flexibility index (Phi) is 4.49. The molecule has 0 N–H and O–H groups in total. The van der Waals surface area contributed by atoms with Gasteiger partial charge >= 0.3 is 0 Å². The lowest BCUT2D eigenvalue weighted by molar-refractivity contribution is -0.127. The second-order valence-corrected chi connectivity index (χ2v) is 5.05. The Hall–Kier alpha value is -0.960. The standard InChI is InChI=1S/C14H19NOS/c16-14-9-13(11-17)10-15(14)8-4-7-12-5-2-1-3-6-12/h1-3,5-6,13,17H,4,7-11H2. The first-order chi connectivity index (χ1) is 8.29. The van der Waals surface area contributed by atoms with Crippen LogP contribution in [0.15, 0.2) is 30.3 Å². The van der Waals surface area contributed by atoms with Crippen LogP contribution < -0.4 is 0 Å². The van der Waals surface area contributed by atoms with Crippen molar-refractivity contribution in [2.24, 2.45) is 5.92 Å². The largest absolute Gasteiger partial charge is 0.342 e. The van der Waals surface area contributed by atoms with Crippen LogP contribution in [0.5, 0.6) is 0 Å². The molecule has 1 aromatic carbocycles. The van der Waals surface area contributed by atoms with Gasteiger partial charge in [-0.05, 0) is 30.1 Å². The van der Waals surface area contributed by atoms with Gasteiger partial charge in [0.05, 0.1) is 0 Å². The second-order valence-electron chi connectivity index (χ2n) is 4.68. The third-order valence-electron chi connectivity index (χ3n) is 3.29. The van der Waals surface area contributed by atoms with Gasteiger partial charge in [0.1, 0.15) is 0 Å². The number of aryl methyl sites for hydroxylation is 1. The van der Waals surface area contributed by atoms with E-state index in [4.69, 9.17) is 0 Å². The minimum Gasteiger partial charge on any atom is -0.342 e. The van der Waals surface area contributed by atoms with Crippen molar-refractivity contribution >= 4 is 18.5 Å². The van der Waals surface area contributed by atoms with Crippen LogP contribution in [0, 0.1) is 5.92 Å². The average molecular weight is 249 g/mol. The quantitative estimate of drug-likeness (QED) is 0.795. The monoisotopic (exact) mass is 249 g/mol. The van der Waals surface area contributed by atoms with Crippen LogP contribution in [0.2, 0.25) is 0 Å². The van der Waals surface area contributed by atoms with E-state index < -0.39 is 0 Å². The summed E-state index contributed by atoms with van der Waals surface area (Å²) in [5.74, 6) is 1.58. The highest BCUT2D eigenvalue weighted by molar-refractivity contribution is 7.80. The van der Waals surface area contributed by atoms with Crippen LogP contribution in [-0.4, -0.2) is 29.6 Å². The number of carbonyl (C=O) groups is 1. The lowest BCUT2D eigenvalue weighted by atomic mass is 10.1. The first-order valence-corrected chi connectivity index (χ1v) is 6.85. The predicted octanol–water partition coefficient (Wildman–Crippen LogP) is 2.40. The number of thiol groups is 1. The molecule has 0 radical (unpaired) electrons. The Morgan fingerprint density at radius 2 is 2.06 bits per heavy atom. The van der Waals surface area contributed by atoms with E-state index in [2.05, 4.69) is 36.9 Å². The SMILES string of the molecule is O=C1CC(CS)CN1CCCc1ccccc1. The van der Waals surface area contributed by atoms with Gasteiger partial charge in [-0.25, -0.2) is 0 Å². The number of hydrogen-bond acceptors (Lipinski definition) is 2. The van der Waals surface area contributed by atoms with Crippen LogP contribution in [0.1, 0.15) is 18.4 Å². The number of amides is 1. The summed E-state index contributed by atoms with van der Waals surface area (Å²) in [6.07, 6.45) is 2.79. The summed E-state index contributed by atoms with van der Waals surface area (Å²) in [6, 6.07) is 10.4. The van der Waals surface area contributed by atoms with E-state index in [1.807, 2.05) is 11.0 Å². The highest BCUT2D eigenvalue weighted by Gasteiger charge is 2.27. The molecule has 1 saturated heterocycles. The maximum atomic E-state index is 11.7. The zero-order valence-corrected chi connectivity index (χ0v) is 10.9. The fourth-order valence-electron chi connectivity index (χ4n) is 2.31. The first-order valence-electron chi connectivity index (χ1n) is 6.22. The van der Waals surface area contributed by atoms with Gasteiger partial charge < -0.3 is 4.90 Å². The van der Waals surface area contributed by atoms with Crippen molar-refractivity contribution in [1.82, 2.24) is 4.90 Å². The number of hydrogen-bond donors (Lipinski definition) is 1. The van der Waals surface area contributed by atoms with Gasteiger partial charge in [-0.2, -0.15) is 12.6 Å². The molecule has 1 unspecified atom stereocenters. The number of nitrogens with zero attached hydrogens (tertiary/aromatic N) is 1. The number of carbonyl (C=O) groups excluding carboxylic acids is 1. The summed E-state index contributed by atoms with van der Waals surface area (Å²) >= 11 is 4.27. The molecule has 1 heterocycles. The highest BCUT2D eigenvalue weighted by Crippen LogP contribution is 2.19. The van der Waals surface area contributed by atoms with Crippen molar-refractivity contribution in [3.05, 3.63) is 35.9 Å². The predicted molar refractivity (Wildman–Crippen MR) is 73.3 cm³/mol. The molecule has 1 aromatic rings. The van der Waals surface area contributed by atoms with Crippen molar-refractivity contribution < 1.29 is 4.79 Å². The minimum absolute atomic E-state index is 0.303. The van der Waals surface area contributed by atoms with Crippen LogP contribution in [0.25, 0.3) is 0 Å². The minimum atomic E-state index is 0.303. The molecule has 0 aliphatic carbocycles. The molecule has 1 aliphatic heterocycles. The molecule has 2 nitrogen and oxygen atoms in total. The molecule has 0 bridgehead atoms. The van der Waals surface area contributed by atoms with E-state index in [0.717, 1.165) is 31.7 Å². The van der Waals surface area contributed by atoms with E-state index in [-0.39, 0.29) is 0 Å². The average Bonchev–Trinajstić information content (AvgIpc) is 2.72. The number of likely N-dealkylation sites (tertiary alicyclic amines) is 1. The molecule has 1 aliphatic rings. The third kappa shape index (κ3) is 3.50. The summed E-state index contributed by atoms with van der Waals surface area (Å²) in [6.45, 7) is 1.79. The van der Waals surface area contributed by atoms with Crippen molar-refractivity contribution in [3.8, 4) is 0 Å². The van der Waals surface area contributed by atoms with E-state index in [1.54, 1.807) is 0 Å². The maximum absolute atomic E-state index is 11.7. The summed E-state index contributed by atoms with van der Waals surface area (Å²) < 4.78 is 0. The molecule has 1 amide bonds. The Bertz CT molecular complexity index is 366. The molecule has 17 heavy (non-hydrogen) atoms.